The summed E-state index contributed by atoms with van der Waals surface area (Å²) >= 11 is 0. The maximum atomic E-state index is 13.7. The van der Waals surface area contributed by atoms with Gasteiger partial charge in [0.15, 0.2) is 0 Å². The molecule has 7 aliphatic rings. The number of fused-ring (bicyclic) bond motifs is 1. The minimum atomic E-state index is -0.723. The molecule has 3 aliphatic carbocycles. The van der Waals surface area contributed by atoms with Crippen molar-refractivity contribution in [2.75, 3.05) is 46.1 Å². The highest BCUT2D eigenvalue weighted by atomic mass is 16.5. The standard InChI is InChI=1S/C36H56N8O5/c1-22-31(49-21-39-22)20-48-27-6-5-24-14-28(37-18-25(24)13-27)30(45)19-38-33(46)29-15-32(40-26-16-36(17-26)7-2-8-36)42-35(41-29)44-11-9-43(10-12-44)34(47)23-3-4-23/h5-6,13,22-23,26,28-32,35,37,39-42,45H,2-4,7-12,14-21H2,1H3,(H,38,46)/t22?,28-,29?,30+,31?,32?,35?/m0/s1. The van der Waals surface area contributed by atoms with Crippen molar-refractivity contribution in [2.24, 2.45) is 11.3 Å². The number of hydrogen-bond acceptors (Lipinski definition) is 11. The molecule has 7 N–H and O–H groups in total. The molecule has 5 unspecified atom stereocenters. The first kappa shape index (κ1) is 33.8. The Morgan fingerprint density at radius 3 is 2.63 bits per heavy atom. The first-order valence-electron chi connectivity index (χ1n) is 18.9. The van der Waals surface area contributed by atoms with Gasteiger partial charge in [-0.1, -0.05) is 12.5 Å². The van der Waals surface area contributed by atoms with Gasteiger partial charge >= 0.3 is 0 Å². The van der Waals surface area contributed by atoms with Crippen molar-refractivity contribution in [1.29, 1.82) is 0 Å². The predicted octanol–water partition coefficient (Wildman–Crippen LogP) is -0.0711. The van der Waals surface area contributed by atoms with Crippen LogP contribution in [-0.4, -0.2) is 122 Å². The molecule has 1 aromatic rings. The molecule has 0 aromatic heterocycles. The highest BCUT2D eigenvalue weighted by molar-refractivity contribution is 5.82. The number of aliphatic hydroxyl groups is 1. The summed E-state index contributed by atoms with van der Waals surface area (Å²) in [6.07, 6.45) is 9.05. The highest BCUT2D eigenvalue weighted by Crippen LogP contribution is 2.55. The van der Waals surface area contributed by atoms with E-state index in [1.54, 1.807) is 0 Å². The van der Waals surface area contributed by atoms with Crippen molar-refractivity contribution in [3.8, 4) is 5.75 Å². The predicted molar refractivity (Wildman–Crippen MR) is 183 cm³/mol. The summed E-state index contributed by atoms with van der Waals surface area (Å²) in [6, 6.07) is 6.35. The van der Waals surface area contributed by atoms with E-state index >= 15 is 0 Å². The molecule has 1 aromatic carbocycles. The molecule has 7 atom stereocenters. The maximum Gasteiger partial charge on any atom is 0.237 e. The van der Waals surface area contributed by atoms with Gasteiger partial charge in [-0.2, -0.15) is 0 Å². The van der Waals surface area contributed by atoms with Gasteiger partial charge in [-0.3, -0.25) is 35.8 Å². The molecule has 270 valence electrons. The van der Waals surface area contributed by atoms with Crippen molar-refractivity contribution < 1.29 is 24.2 Å². The van der Waals surface area contributed by atoms with E-state index in [2.05, 4.69) is 55.9 Å². The molecule has 0 radical (unpaired) electrons. The molecule has 4 heterocycles. The fourth-order valence-corrected chi connectivity index (χ4v) is 8.85. The zero-order valence-corrected chi connectivity index (χ0v) is 28.9. The Hall–Kier alpha value is -2.36. The normalized spacial score (nSPS) is 33.7. The summed E-state index contributed by atoms with van der Waals surface area (Å²) in [5.74, 6) is 1.29. The van der Waals surface area contributed by atoms with Crippen LogP contribution >= 0.6 is 0 Å². The molecule has 0 bridgehead atoms. The summed E-state index contributed by atoms with van der Waals surface area (Å²) in [7, 11) is 0. The number of carbonyl (C=O) groups is 2. The van der Waals surface area contributed by atoms with Crippen LogP contribution in [0.1, 0.15) is 69.4 Å². The maximum absolute atomic E-state index is 13.7. The molecule has 3 saturated carbocycles. The number of amides is 2. The van der Waals surface area contributed by atoms with Crippen LogP contribution in [-0.2, 0) is 27.3 Å². The Balaban J connectivity index is 0.834. The van der Waals surface area contributed by atoms with Gasteiger partial charge in [-0.25, -0.2) is 0 Å². The van der Waals surface area contributed by atoms with Gasteiger partial charge in [0.2, 0.25) is 11.8 Å². The Kier molecular flexibility index (Phi) is 9.88. The molecular formula is C36H56N8O5. The minimum absolute atomic E-state index is 0.0108. The van der Waals surface area contributed by atoms with E-state index in [9.17, 15) is 14.7 Å². The van der Waals surface area contributed by atoms with Crippen LogP contribution in [0.4, 0.5) is 0 Å². The van der Waals surface area contributed by atoms with Gasteiger partial charge in [0.25, 0.3) is 0 Å². The van der Waals surface area contributed by atoms with Gasteiger partial charge in [0, 0.05) is 69.7 Å². The van der Waals surface area contributed by atoms with E-state index in [1.165, 1.54) is 43.2 Å². The van der Waals surface area contributed by atoms with Gasteiger partial charge in [-0.05, 0) is 80.5 Å². The topological polar surface area (TPSA) is 151 Å². The van der Waals surface area contributed by atoms with Crippen LogP contribution in [0, 0.1) is 11.3 Å². The third-order valence-electron chi connectivity index (χ3n) is 12.4. The zero-order chi connectivity index (χ0) is 33.5. The Bertz CT molecular complexity index is 1340. The molecule has 1 spiro atoms. The Morgan fingerprint density at radius 1 is 1.10 bits per heavy atom. The fraction of sp³-hybridized carbons (Fsp3) is 0.778. The van der Waals surface area contributed by atoms with Crippen LogP contribution < -0.4 is 36.6 Å². The second kappa shape index (κ2) is 14.3. The van der Waals surface area contributed by atoms with E-state index in [0.29, 0.717) is 50.1 Å². The van der Waals surface area contributed by atoms with Crippen molar-refractivity contribution >= 4 is 11.8 Å². The number of piperazine rings is 1. The lowest BCUT2D eigenvalue weighted by Crippen LogP contribution is -2.73. The smallest absolute Gasteiger partial charge is 0.237 e. The van der Waals surface area contributed by atoms with Crippen molar-refractivity contribution in [3.05, 3.63) is 29.3 Å². The zero-order valence-electron chi connectivity index (χ0n) is 28.9. The van der Waals surface area contributed by atoms with Crippen LogP contribution in [0.2, 0.25) is 0 Å². The number of nitrogens with one attached hydrogen (secondary N) is 6. The molecular weight excluding hydrogens is 624 g/mol. The molecule has 49 heavy (non-hydrogen) atoms. The second-order valence-corrected chi connectivity index (χ2v) is 15.9. The van der Waals surface area contributed by atoms with Crippen LogP contribution in [0.5, 0.6) is 5.75 Å². The summed E-state index contributed by atoms with van der Waals surface area (Å²) in [4.78, 5) is 30.7. The summed E-state index contributed by atoms with van der Waals surface area (Å²) in [5, 5.41) is 32.2. The van der Waals surface area contributed by atoms with Crippen molar-refractivity contribution in [2.45, 2.75) is 120 Å². The average molecular weight is 681 g/mol. The van der Waals surface area contributed by atoms with Gasteiger partial charge in [-0.15, -0.1) is 0 Å². The van der Waals surface area contributed by atoms with E-state index < -0.39 is 12.1 Å². The number of ether oxygens (including phenoxy) is 2. The number of benzene rings is 1. The molecule has 2 amide bonds. The number of rotatable bonds is 11. The Morgan fingerprint density at radius 2 is 1.92 bits per heavy atom. The first-order valence-corrected chi connectivity index (χ1v) is 18.9. The first-order chi connectivity index (χ1) is 23.8. The molecule has 3 saturated heterocycles. The van der Waals surface area contributed by atoms with Crippen LogP contribution in [0.15, 0.2) is 18.2 Å². The van der Waals surface area contributed by atoms with E-state index in [4.69, 9.17) is 9.47 Å². The number of carbonyl (C=O) groups excluding carboxylic acids is 2. The highest BCUT2D eigenvalue weighted by Gasteiger charge is 2.49. The minimum Gasteiger partial charge on any atom is -0.491 e. The summed E-state index contributed by atoms with van der Waals surface area (Å²) < 4.78 is 11.7. The largest absolute Gasteiger partial charge is 0.491 e. The third-order valence-corrected chi connectivity index (χ3v) is 12.4. The summed E-state index contributed by atoms with van der Waals surface area (Å²) in [5.41, 5.74) is 2.93. The van der Waals surface area contributed by atoms with Crippen LogP contribution in [0.3, 0.4) is 0 Å². The molecule has 4 aliphatic heterocycles. The lowest BCUT2D eigenvalue weighted by Gasteiger charge is -2.56. The quantitative estimate of drug-likeness (QED) is 0.168. The van der Waals surface area contributed by atoms with Crippen molar-refractivity contribution in [1.82, 2.24) is 41.7 Å². The third kappa shape index (κ3) is 7.64. The number of aliphatic hydroxyl groups excluding tert-OH is 1. The number of hydrogen-bond donors (Lipinski definition) is 7. The molecule has 13 heteroatoms. The second-order valence-electron chi connectivity index (χ2n) is 15.9. The van der Waals surface area contributed by atoms with Crippen LogP contribution in [0.25, 0.3) is 0 Å². The monoisotopic (exact) mass is 680 g/mol. The van der Waals surface area contributed by atoms with E-state index in [0.717, 1.165) is 44.8 Å². The molecule has 13 nitrogen and oxygen atoms in total. The van der Waals surface area contributed by atoms with Gasteiger partial charge in [0.05, 0.1) is 25.0 Å². The summed E-state index contributed by atoms with van der Waals surface area (Å²) in [6.45, 7) is 6.96. The molecule has 6 fully saturated rings. The van der Waals surface area contributed by atoms with E-state index in [-0.39, 0.29) is 49.0 Å². The fourth-order valence-electron chi connectivity index (χ4n) is 8.85. The molecule has 8 rings (SSSR count). The van der Waals surface area contributed by atoms with Gasteiger partial charge in [0.1, 0.15) is 24.8 Å². The lowest BCUT2D eigenvalue weighted by molar-refractivity contribution is -0.135. The lowest BCUT2D eigenvalue weighted by atomic mass is 9.54. The van der Waals surface area contributed by atoms with Gasteiger partial charge < -0.3 is 30.1 Å². The average Bonchev–Trinajstić information content (AvgIpc) is 3.86. The SMILES string of the molecule is CC1NCOC1COc1ccc2c(c1)CN[C@H]([C@H](O)CNC(=O)C1CC(NC3CC4(CCC4)C3)NC(N3CCN(C(=O)C4CC4)CC3)N1)C2. The van der Waals surface area contributed by atoms with E-state index in [1.807, 2.05) is 11.0 Å². The Labute approximate surface area is 290 Å². The van der Waals surface area contributed by atoms with Crippen molar-refractivity contribution in [3.63, 3.8) is 0 Å². The number of nitrogens with zero attached hydrogens (tertiary/aromatic N) is 2.